The second-order valence-corrected chi connectivity index (χ2v) is 18.4. The lowest BCUT2D eigenvalue weighted by atomic mass is 9.90. The summed E-state index contributed by atoms with van der Waals surface area (Å²) in [5.41, 5.74) is 0.742. The van der Waals surface area contributed by atoms with E-state index >= 15 is 0 Å². The molecule has 2 saturated heterocycles. The third-order valence-electron chi connectivity index (χ3n) is 7.35. The van der Waals surface area contributed by atoms with Crippen molar-refractivity contribution in [2.75, 3.05) is 9.80 Å². The van der Waals surface area contributed by atoms with Crippen LogP contribution in [0.15, 0.2) is 76.2 Å². The number of fused-ring (bicyclic) bond motifs is 2. The summed E-state index contributed by atoms with van der Waals surface area (Å²) in [7, 11) is 0. The van der Waals surface area contributed by atoms with Crippen LogP contribution in [0.3, 0.4) is 0 Å². The number of nitrogens with zero attached hydrogens (tertiary/aromatic N) is 4. The van der Waals surface area contributed by atoms with E-state index in [9.17, 15) is 19.2 Å². The van der Waals surface area contributed by atoms with Crippen LogP contribution in [0.2, 0.25) is 0 Å². The fraction of sp³-hybridized carbons (Fsp3) is 0.241. The minimum Gasteiger partial charge on any atom is -0.274 e. The Morgan fingerprint density at radius 3 is 1.48 bits per heavy atom. The first-order valence-electron chi connectivity index (χ1n) is 13.3. The Balaban J connectivity index is 1.07. The van der Waals surface area contributed by atoms with Crippen molar-refractivity contribution < 1.29 is 19.2 Å². The molecule has 5 heterocycles. The average Bonchev–Trinajstić information content (AvgIpc) is 3.71. The highest BCUT2D eigenvalue weighted by atomic mass is 79.9. The van der Waals surface area contributed by atoms with E-state index in [1.807, 2.05) is 24.3 Å². The highest BCUT2D eigenvalue weighted by Gasteiger charge is 2.45. The molecule has 44 heavy (non-hydrogen) atoms. The summed E-state index contributed by atoms with van der Waals surface area (Å²) in [4.78, 5) is 66.4. The molecule has 3 aliphatic heterocycles. The Morgan fingerprint density at radius 2 is 1.09 bits per heavy atom. The number of hydrogen-bond donors (Lipinski definition) is 0. The van der Waals surface area contributed by atoms with Crippen molar-refractivity contribution in [2.45, 2.75) is 61.3 Å². The largest absolute Gasteiger partial charge is 0.274 e. The van der Waals surface area contributed by atoms with Crippen molar-refractivity contribution in [3.63, 3.8) is 0 Å². The van der Waals surface area contributed by atoms with Crippen LogP contribution < -0.4 is 9.80 Å². The molecule has 2 atom stereocenters. The van der Waals surface area contributed by atoms with Gasteiger partial charge in [-0.3, -0.25) is 19.2 Å². The maximum Gasteiger partial charge on any atom is 0.247 e. The van der Waals surface area contributed by atoms with E-state index < -0.39 is 10.5 Å². The number of thioether (sulfide) groups is 2. The molecule has 8 nitrogen and oxygen atoms in total. The van der Waals surface area contributed by atoms with Crippen LogP contribution in [0, 0.1) is 0 Å². The predicted octanol–water partition coefficient (Wildman–Crippen LogP) is 7.76. The molecule has 2 aromatic carbocycles. The van der Waals surface area contributed by atoms with E-state index in [-0.39, 0.29) is 41.9 Å². The molecule has 2 fully saturated rings. The lowest BCUT2D eigenvalue weighted by Crippen LogP contribution is -2.31. The van der Waals surface area contributed by atoms with Gasteiger partial charge in [-0.15, -0.1) is 22.7 Å². The maximum absolute atomic E-state index is 13.2. The molecule has 7 rings (SSSR count). The zero-order valence-corrected chi connectivity index (χ0v) is 30.2. The van der Waals surface area contributed by atoms with Gasteiger partial charge in [0.05, 0.1) is 21.1 Å². The molecule has 4 aromatic rings. The van der Waals surface area contributed by atoms with Crippen molar-refractivity contribution in [3.8, 4) is 0 Å². The molecule has 0 aliphatic carbocycles. The Hall–Kier alpha value is -2.01. The van der Waals surface area contributed by atoms with E-state index in [2.05, 4.69) is 45.7 Å². The van der Waals surface area contributed by atoms with Crippen LogP contribution in [0.5, 0.6) is 0 Å². The normalized spacial score (nSPS) is 20.9. The minimum atomic E-state index is -0.536. The smallest absolute Gasteiger partial charge is 0.247 e. The van der Waals surface area contributed by atoms with Crippen LogP contribution in [0.25, 0.3) is 0 Å². The van der Waals surface area contributed by atoms with E-state index in [0.29, 0.717) is 11.4 Å². The lowest BCUT2D eigenvalue weighted by molar-refractivity contribution is -0.122. The Labute approximate surface area is 290 Å². The fourth-order valence-electron chi connectivity index (χ4n) is 5.16. The number of rotatable bonds is 6. The molecule has 3 aliphatic rings. The Morgan fingerprint density at radius 1 is 0.705 bits per heavy atom. The molecule has 0 spiro atoms. The highest BCUT2D eigenvalue weighted by Crippen LogP contribution is 2.55. The van der Waals surface area contributed by atoms with Crippen molar-refractivity contribution in [1.82, 2.24) is 9.97 Å². The van der Waals surface area contributed by atoms with Crippen LogP contribution in [-0.4, -0.2) is 44.1 Å². The summed E-state index contributed by atoms with van der Waals surface area (Å²) in [5, 5.41) is 0.607. The molecule has 0 bridgehead atoms. The van der Waals surface area contributed by atoms with Gasteiger partial charge in [-0.2, -0.15) is 0 Å². The first-order valence-corrected chi connectivity index (χ1v) is 19.1. The van der Waals surface area contributed by atoms with E-state index in [1.165, 1.54) is 45.1 Å². The van der Waals surface area contributed by atoms with Crippen LogP contribution in [0.1, 0.15) is 36.4 Å². The number of thiazole rings is 2. The molecule has 2 aromatic heterocycles. The van der Waals surface area contributed by atoms with Gasteiger partial charge in [-0.05, 0) is 74.1 Å². The lowest BCUT2D eigenvalue weighted by Gasteiger charge is -2.26. The monoisotopic (exact) mass is 806 g/mol. The van der Waals surface area contributed by atoms with Gasteiger partial charge in [0, 0.05) is 27.2 Å². The molecule has 4 amide bonds. The molecule has 224 valence electrons. The number of aromatic nitrogens is 2. The third kappa shape index (κ3) is 5.41. The topological polar surface area (TPSA) is 101 Å². The van der Waals surface area contributed by atoms with Gasteiger partial charge in [-0.25, -0.2) is 19.8 Å². The first-order chi connectivity index (χ1) is 21.0. The zero-order chi connectivity index (χ0) is 30.9. The first kappa shape index (κ1) is 30.6. The number of imide groups is 2. The molecule has 0 unspecified atom stereocenters. The van der Waals surface area contributed by atoms with Gasteiger partial charge in [0.25, 0.3) is 0 Å². The predicted molar refractivity (Wildman–Crippen MR) is 182 cm³/mol. The summed E-state index contributed by atoms with van der Waals surface area (Å²) in [5.74, 6) is -0.902. The fourth-order valence-corrected chi connectivity index (χ4v) is 12.5. The van der Waals surface area contributed by atoms with E-state index in [1.54, 1.807) is 46.9 Å². The second kappa shape index (κ2) is 11.7. The molecule has 0 radical (unpaired) electrons. The third-order valence-corrected chi connectivity index (χ3v) is 15.0. The highest BCUT2D eigenvalue weighted by molar-refractivity contribution is 9.10. The standard InChI is InChI=1S/C29H20Br2N4O4S5/c1-29(2)21-23(32-27(42-21)40-17-11-19(36)34(25(17)38)15-7-3-13(30)4-8-15)44-24-22(29)43-28(33-24)41-18-12-20(37)35(26(18)39)16-9-5-14(31)6-10-16/h3-10,17-18H,11-12H2,1-2H3/t17-,18-/m1/s1. The SMILES string of the molecule is CC1(C)c2sc(S[C@@H]3CC(=O)N(c4ccc(Br)cc4)C3=O)nc2Sc2nc(S[C@@H]3CC(=O)N(c4ccc(Br)cc4)C3=O)sc21. The molecule has 0 N–H and O–H groups in total. The average molecular weight is 809 g/mol. The number of carbonyl (C=O) groups excluding carboxylic acids is 4. The Bertz CT molecular complexity index is 1730. The summed E-state index contributed by atoms with van der Waals surface area (Å²) >= 11 is 14.0. The molecule has 0 saturated carbocycles. The van der Waals surface area contributed by atoms with Gasteiger partial charge in [0.15, 0.2) is 8.68 Å². The van der Waals surface area contributed by atoms with E-state index in [0.717, 1.165) is 37.4 Å². The molecular weight excluding hydrogens is 788 g/mol. The zero-order valence-electron chi connectivity index (χ0n) is 22.9. The number of benzene rings is 2. The summed E-state index contributed by atoms with van der Waals surface area (Å²) in [6.07, 6.45) is 0.245. The summed E-state index contributed by atoms with van der Waals surface area (Å²) < 4.78 is 3.23. The number of amides is 4. The summed E-state index contributed by atoms with van der Waals surface area (Å²) in [6.45, 7) is 4.26. The van der Waals surface area contributed by atoms with Gasteiger partial charge in [0.1, 0.15) is 20.6 Å². The molecule has 15 heteroatoms. The Kier molecular flexibility index (Phi) is 8.12. The van der Waals surface area contributed by atoms with Gasteiger partial charge in [-0.1, -0.05) is 55.4 Å². The molecular formula is C29H20Br2N4O4S5. The van der Waals surface area contributed by atoms with Crippen LogP contribution in [0.4, 0.5) is 11.4 Å². The second-order valence-electron chi connectivity index (χ2n) is 10.7. The van der Waals surface area contributed by atoms with E-state index in [4.69, 9.17) is 9.97 Å². The minimum absolute atomic E-state index is 0.122. The van der Waals surface area contributed by atoms with Crippen LogP contribution in [-0.2, 0) is 24.6 Å². The van der Waals surface area contributed by atoms with Crippen molar-refractivity contribution in [2.24, 2.45) is 0 Å². The van der Waals surface area contributed by atoms with Crippen molar-refractivity contribution >= 4 is 125 Å². The van der Waals surface area contributed by atoms with Crippen molar-refractivity contribution in [1.29, 1.82) is 0 Å². The van der Waals surface area contributed by atoms with Gasteiger partial charge < -0.3 is 0 Å². The number of carbonyl (C=O) groups is 4. The van der Waals surface area contributed by atoms with Crippen LogP contribution >= 0.6 is 89.8 Å². The van der Waals surface area contributed by atoms with Gasteiger partial charge >= 0.3 is 0 Å². The quantitative estimate of drug-likeness (QED) is 0.181. The summed E-state index contributed by atoms with van der Waals surface area (Å²) in [6, 6.07) is 14.3. The van der Waals surface area contributed by atoms with Crippen molar-refractivity contribution in [3.05, 3.63) is 67.2 Å². The van der Waals surface area contributed by atoms with Gasteiger partial charge in [0.2, 0.25) is 23.6 Å². The number of anilines is 2. The number of hydrogen-bond acceptors (Lipinski definition) is 11. The maximum atomic E-state index is 13.2. The number of halogens is 2.